The van der Waals surface area contributed by atoms with Gasteiger partial charge in [-0.15, -0.1) is 0 Å². The maximum atomic E-state index is 4.44. The third-order valence-corrected chi connectivity index (χ3v) is 3.16. The first-order valence-electron chi connectivity index (χ1n) is 7.52. The third kappa shape index (κ3) is 4.74. The van der Waals surface area contributed by atoms with E-state index in [0.717, 1.165) is 36.1 Å². The molecule has 112 valence electrons. The maximum absolute atomic E-state index is 4.44. The number of hydrogen-bond acceptors (Lipinski definition) is 4. The van der Waals surface area contributed by atoms with Crippen molar-refractivity contribution in [2.45, 2.75) is 34.1 Å². The normalized spacial score (nSPS) is 10.7. The molecule has 0 saturated heterocycles. The van der Waals surface area contributed by atoms with Crippen molar-refractivity contribution in [1.82, 2.24) is 9.97 Å². The minimum atomic E-state index is 0.582. The molecule has 0 spiro atoms. The molecule has 0 aliphatic carbocycles. The van der Waals surface area contributed by atoms with Crippen molar-refractivity contribution in [2.75, 3.05) is 17.2 Å². The molecule has 0 fully saturated rings. The summed E-state index contributed by atoms with van der Waals surface area (Å²) in [6.45, 7) is 9.32. The van der Waals surface area contributed by atoms with Gasteiger partial charge in [0.1, 0.15) is 17.5 Å². The van der Waals surface area contributed by atoms with Gasteiger partial charge in [-0.1, -0.05) is 32.9 Å². The number of anilines is 3. The van der Waals surface area contributed by atoms with Crippen LogP contribution in [0, 0.1) is 12.8 Å². The van der Waals surface area contributed by atoms with E-state index >= 15 is 0 Å². The van der Waals surface area contributed by atoms with Crippen LogP contribution in [0.1, 0.15) is 32.2 Å². The number of rotatable bonds is 6. The molecule has 2 N–H and O–H groups in total. The van der Waals surface area contributed by atoms with Crippen LogP contribution in [0.5, 0.6) is 0 Å². The maximum Gasteiger partial charge on any atom is 0.136 e. The van der Waals surface area contributed by atoms with Gasteiger partial charge in [0.05, 0.1) is 0 Å². The van der Waals surface area contributed by atoms with E-state index in [2.05, 4.69) is 65.6 Å². The van der Waals surface area contributed by atoms with Crippen LogP contribution in [0.15, 0.2) is 30.3 Å². The van der Waals surface area contributed by atoms with E-state index in [4.69, 9.17) is 0 Å². The van der Waals surface area contributed by atoms with Crippen LogP contribution < -0.4 is 10.6 Å². The Labute approximate surface area is 127 Å². The van der Waals surface area contributed by atoms with Crippen LogP contribution in [0.25, 0.3) is 0 Å². The Morgan fingerprint density at radius 1 is 1.05 bits per heavy atom. The van der Waals surface area contributed by atoms with Crippen molar-refractivity contribution < 1.29 is 0 Å². The molecule has 0 radical (unpaired) electrons. The van der Waals surface area contributed by atoms with E-state index in [9.17, 15) is 0 Å². The summed E-state index contributed by atoms with van der Waals surface area (Å²) in [5, 5.41) is 6.67. The smallest absolute Gasteiger partial charge is 0.136 e. The van der Waals surface area contributed by atoms with Crippen molar-refractivity contribution in [2.24, 2.45) is 5.92 Å². The lowest BCUT2D eigenvalue weighted by Gasteiger charge is -2.11. The van der Waals surface area contributed by atoms with Gasteiger partial charge in [-0.3, -0.25) is 0 Å². The van der Waals surface area contributed by atoms with Gasteiger partial charge in [0.25, 0.3) is 0 Å². The van der Waals surface area contributed by atoms with Crippen LogP contribution in [0.2, 0.25) is 0 Å². The minimum Gasteiger partial charge on any atom is -0.370 e. The molecular formula is C17H24N4. The summed E-state index contributed by atoms with van der Waals surface area (Å²) in [7, 11) is 0. The van der Waals surface area contributed by atoms with Crippen molar-refractivity contribution in [3.63, 3.8) is 0 Å². The second kappa shape index (κ2) is 7.07. The van der Waals surface area contributed by atoms with Crippen LogP contribution in [-0.4, -0.2) is 16.5 Å². The lowest BCUT2D eigenvalue weighted by molar-refractivity contribution is 0.686. The highest BCUT2D eigenvalue weighted by Crippen LogP contribution is 2.18. The van der Waals surface area contributed by atoms with E-state index in [1.54, 1.807) is 0 Å². The molecule has 1 aromatic carbocycles. The summed E-state index contributed by atoms with van der Waals surface area (Å²) >= 11 is 0. The van der Waals surface area contributed by atoms with Crippen molar-refractivity contribution >= 4 is 17.3 Å². The second-order valence-corrected chi connectivity index (χ2v) is 5.64. The summed E-state index contributed by atoms with van der Waals surface area (Å²) in [4.78, 5) is 8.85. The van der Waals surface area contributed by atoms with Crippen LogP contribution >= 0.6 is 0 Å². The molecular weight excluding hydrogens is 260 g/mol. The van der Waals surface area contributed by atoms with E-state index < -0.39 is 0 Å². The fourth-order valence-corrected chi connectivity index (χ4v) is 2.00. The van der Waals surface area contributed by atoms with E-state index in [0.29, 0.717) is 5.92 Å². The molecule has 1 aromatic heterocycles. The van der Waals surface area contributed by atoms with Crippen molar-refractivity contribution in [1.29, 1.82) is 0 Å². The molecule has 0 amide bonds. The van der Waals surface area contributed by atoms with Gasteiger partial charge < -0.3 is 10.6 Å². The van der Waals surface area contributed by atoms with Gasteiger partial charge in [0.2, 0.25) is 0 Å². The highest BCUT2D eigenvalue weighted by molar-refractivity contribution is 5.59. The van der Waals surface area contributed by atoms with E-state index in [-0.39, 0.29) is 0 Å². The fourth-order valence-electron chi connectivity index (χ4n) is 2.00. The van der Waals surface area contributed by atoms with E-state index in [1.807, 2.05) is 13.0 Å². The Kier molecular flexibility index (Phi) is 5.14. The lowest BCUT2D eigenvalue weighted by atomic mass is 10.1. The Bertz CT molecular complexity index is 576. The number of hydrogen-bond donors (Lipinski definition) is 2. The number of nitrogens with zero attached hydrogens (tertiary/aromatic N) is 2. The Morgan fingerprint density at radius 2 is 1.71 bits per heavy atom. The first kappa shape index (κ1) is 15.3. The third-order valence-electron chi connectivity index (χ3n) is 3.16. The Morgan fingerprint density at radius 3 is 2.33 bits per heavy atom. The van der Waals surface area contributed by atoms with Gasteiger partial charge in [-0.25, -0.2) is 9.97 Å². The Balaban J connectivity index is 2.11. The predicted octanol–water partition coefficient (Wildman–Crippen LogP) is 4.16. The highest BCUT2D eigenvalue weighted by atomic mass is 15.1. The lowest BCUT2D eigenvalue weighted by Crippen LogP contribution is -2.10. The SMILES string of the molecule is CCc1ccc(Nc2cc(NCC(C)C)nc(C)n2)cc1. The molecule has 4 heteroatoms. The molecule has 0 bridgehead atoms. The minimum absolute atomic E-state index is 0.582. The fraction of sp³-hybridized carbons (Fsp3) is 0.412. The van der Waals surface area contributed by atoms with Crippen molar-refractivity contribution in [3.8, 4) is 0 Å². The summed E-state index contributed by atoms with van der Waals surface area (Å²) in [6, 6.07) is 10.4. The molecule has 2 aromatic rings. The first-order valence-corrected chi connectivity index (χ1v) is 7.52. The standard InChI is InChI=1S/C17H24N4/c1-5-14-6-8-15(9-7-14)21-17-10-16(18-11-12(2)3)19-13(4)20-17/h6-10,12H,5,11H2,1-4H3,(H2,18,19,20,21). The first-order chi connectivity index (χ1) is 10.1. The van der Waals surface area contributed by atoms with Gasteiger partial charge in [0, 0.05) is 18.3 Å². The Hall–Kier alpha value is -2.10. The van der Waals surface area contributed by atoms with Crippen molar-refractivity contribution in [3.05, 3.63) is 41.7 Å². The average molecular weight is 284 g/mol. The predicted molar refractivity (Wildman–Crippen MR) is 89.2 cm³/mol. The summed E-state index contributed by atoms with van der Waals surface area (Å²) in [5.41, 5.74) is 2.37. The molecule has 4 nitrogen and oxygen atoms in total. The van der Waals surface area contributed by atoms with Crippen LogP contribution in [0.3, 0.4) is 0 Å². The zero-order valence-corrected chi connectivity index (χ0v) is 13.3. The van der Waals surface area contributed by atoms with Gasteiger partial charge in [0.15, 0.2) is 0 Å². The largest absolute Gasteiger partial charge is 0.370 e. The van der Waals surface area contributed by atoms with Gasteiger partial charge in [-0.2, -0.15) is 0 Å². The van der Waals surface area contributed by atoms with Gasteiger partial charge >= 0.3 is 0 Å². The van der Waals surface area contributed by atoms with Crippen LogP contribution in [0.4, 0.5) is 17.3 Å². The molecule has 0 unspecified atom stereocenters. The zero-order valence-electron chi connectivity index (χ0n) is 13.3. The molecule has 2 rings (SSSR count). The summed E-state index contributed by atoms with van der Waals surface area (Å²) < 4.78 is 0. The van der Waals surface area contributed by atoms with Crippen LogP contribution in [-0.2, 0) is 6.42 Å². The molecule has 1 heterocycles. The summed E-state index contributed by atoms with van der Waals surface area (Å²) in [5.74, 6) is 3.02. The topological polar surface area (TPSA) is 49.8 Å². The van der Waals surface area contributed by atoms with Gasteiger partial charge in [-0.05, 0) is 37.0 Å². The monoisotopic (exact) mass is 284 g/mol. The number of benzene rings is 1. The molecule has 0 aliphatic heterocycles. The second-order valence-electron chi connectivity index (χ2n) is 5.64. The molecule has 0 aliphatic rings. The molecule has 21 heavy (non-hydrogen) atoms. The molecule has 0 atom stereocenters. The quantitative estimate of drug-likeness (QED) is 0.836. The highest BCUT2D eigenvalue weighted by Gasteiger charge is 2.03. The number of aryl methyl sites for hydroxylation is 2. The van der Waals surface area contributed by atoms with E-state index in [1.165, 1.54) is 5.56 Å². The average Bonchev–Trinajstić information content (AvgIpc) is 2.45. The zero-order chi connectivity index (χ0) is 15.2. The number of aromatic nitrogens is 2. The summed E-state index contributed by atoms with van der Waals surface area (Å²) in [6.07, 6.45) is 1.05. The molecule has 0 saturated carbocycles. The number of nitrogens with one attached hydrogen (secondary N) is 2.